The molecule has 3 rings (SSSR count). The minimum Gasteiger partial charge on any atom is -0.149 e. The molecular weight excluding hydrogens is 224 g/mol. The maximum atomic E-state index is 2.47. The molecule has 0 amide bonds. The van der Waals surface area contributed by atoms with Gasteiger partial charge in [0, 0.05) is 4.88 Å². The van der Waals surface area contributed by atoms with Gasteiger partial charge in [0.25, 0.3) is 0 Å². The first-order chi connectivity index (χ1) is 8.41. The minimum atomic E-state index is 0.590. The highest BCUT2D eigenvalue weighted by molar-refractivity contribution is 7.10. The molecule has 1 heteroatoms. The first kappa shape index (κ1) is 11.8. The Morgan fingerprint density at radius 2 is 1.47 bits per heavy atom. The Labute approximate surface area is 109 Å². The Hall–Kier alpha value is -0.300. The highest BCUT2D eigenvalue weighted by Crippen LogP contribution is 2.46. The molecule has 0 nitrogen and oxygen atoms in total. The second kappa shape index (κ2) is 5.14. The molecule has 1 fully saturated rings. The molecule has 1 aromatic rings. The van der Waals surface area contributed by atoms with Crippen molar-refractivity contribution in [2.75, 3.05) is 0 Å². The van der Waals surface area contributed by atoms with Crippen LogP contribution in [-0.4, -0.2) is 0 Å². The zero-order valence-electron chi connectivity index (χ0n) is 10.8. The quantitative estimate of drug-likeness (QED) is 0.572. The molecule has 2 aliphatic carbocycles. The molecule has 0 saturated heterocycles. The van der Waals surface area contributed by atoms with E-state index in [1.54, 1.807) is 10.4 Å². The number of thiophene rings is 1. The predicted molar refractivity (Wildman–Crippen MR) is 75.9 cm³/mol. The van der Waals surface area contributed by atoms with Gasteiger partial charge in [-0.1, -0.05) is 38.5 Å². The van der Waals surface area contributed by atoms with Crippen molar-refractivity contribution in [1.82, 2.24) is 0 Å². The van der Waals surface area contributed by atoms with Gasteiger partial charge in [0.1, 0.15) is 0 Å². The lowest BCUT2D eigenvalue weighted by Crippen LogP contribution is -2.27. The average Bonchev–Trinajstić information content (AvgIpc) is 2.65. The fraction of sp³-hybridized carbons (Fsp3) is 0.750. The van der Waals surface area contributed by atoms with E-state index in [4.69, 9.17) is 0 Å². The van der Waals surface area contributed by atoms with E-state index in [-0.39, 0.29) is 0 Å². The molecule has 0 radical (unpaired) electrons. The molecule has 2 aliphatic rings. The van der Waals surface area contributed by atoms with Gasteiger partial charge < -0.3 is 0 Å². The van der Waals surface area contributed by atoms with Gasteiger partial charge in [-0.3, -0.25) is 0 Å². The summed E-state index contributed by atoms with van der Waals surface area (Å²) in [6.45, 7) is 0. The summed E-state index contributed by atoms with van der Waals surface area (Å²) in [7, 11) is 0. The van der Waals surface area contributed by atoms with Gasteiger partial charge in [0.15, 0.2) is 0 Å². The molecule has 0 N–H and O–H groups in total. The topological polar surface area (TPSA) is 0 Å². The molecule has 0 aliphatic heterocycles. The number of rotatable bonds is 0. The smallest absolute Gasteiger partial charge is 0.00828 e. The van der Waals surface area contributed by atoms with Crippen LogP contribution >= 0.6 is 11.3 Å². The molecule has 0 unspecified atom stereocenters. The second-order valence-electron chi connectivity index (χ2n) is 6.01. The van der Waals surface area contributed by atoms with E-state index in [2.05, 4.69) is 11.4 Å². The third-order valence-electron chi connectivity index (χ3n) is 4.94. The summed E-state index contributed by atoms with van der Waals surface area (Å²) in [4.78, 5) is 1.73. The van der Waals surface area contributed by atoms with Crippen molar-refractivity contribution in [3.63, 3.8) is 0 Å². The summed E-state index contributed by atoms with van der Waals surface area (Å²) in [5.74, 6) is 0. The van der Waals surface area contributed by atoms with Crippen LogP contribution < -0.4 is 0 Å². The Kier molecular flexibility index (Phi) is 3.56. The average molecular weight is 248 g/mol. The Bertz CT molecular complexity index is 355. The van der Waals surface area contributed by atoms with Gasteiger partial charge >= 0.3 is 0 Å². The molecule has 1 heterocycles. The normalized spacial score (nSPS) is 24.7. The molecule has 1 aromatic heterocycles. The first-order valence-electron chi connectivity index (χ1n) is 7.48. The largest absolute Gasteiger partial charge is 0.149 e. The van der Waals surface area contributed by atoms with Gasteiger partial charge in [0.2, 0.25) is 0 Å². The third kappa shape index (κ3) is 2.31. The van der Waals surface area contributed by atoms with Crippen molar-refractivity contribution in [3.05, 3.63) is 21.9 Å². The SMILES string of the molecule is c1cc2c(s1)CCCCCC21CCCCCC1. The van der Waals surface area contributed by atoms with Crippen LogP contribution in [0.4, 0.5) is 0 Å². The highest BCUT2D eigenvalue weighted by atomic mass is 32.1. The van der Waals surface area contributed by atoms with Crippen molar-refractivity contribution in [1.29, 1.82) is 0 Å². The van der Waals surface area contributed by atoms with E-state index >= 15 is 0 Å². The maximum Gasteiger partial charge on any atom is 0.00828 e. The van der Waals surface area contributed by atoms with E-state index in [0.717, 1.165) is 0 Å². The van der Waals surface area contributed by atoms with Crippen molar-refractivity contribution >= 4 is 11.3 Å². The summed E-state index contributed by atoms with van der Waals surface area (Å²) in [5, 5.41) is 2.35. The van der Waals surface area contributed by atoms with Crippen LogP contribution in [0.1, 0.15) is 74.6 Å². The summed E-state index contributed by atoms with van der Waals surface area (Å²) in [6, 6.07) is 2.47. The minimum absolute atomic E-state index is 0.590. The highest BCUT2D eigenvalue weighted by Gasteiger charge is 2.35. The standard InChI is InChI=1S/C16H24S/c1-2-6-11-16(10-5-1)12-7-3-4-8-15-14(16)9-13-17-15/h9,13H,1-8,10-12H2. The van der Waals surface area contributed by atoms with Gasteiger partial charge in [0.05, 0.1) is 0 Å². The van der Waals surface area contributed by atoms with Gasteiger partial charge in [-0.25, -0.2) is 0 Å². The molecule has 94 valence electrons. The summed E-state index contributed by atoms with van der Waals surface area (Å²) < 4.78 is 0. The zero-order valence-corrected chi connectivity index (χ0v) is 11.7. The van der Waals surface area contributed by atoms with E-state index in [1.165, 1.54) is 70.6 Å². The lowest BCUT2D eigenvalue weighted by atomic mass is 9.69. The van der Waals surface area contributed by atoms with E-state index in [1.807, 2.05) is 11.3 Å². The van der Waals surface area contributed by atoms with E-state index in [9.17, 15) is 0 Å². The third-order valence-corrected chi connectivity index (χ3v) is 5.92. The summed E-state index contributed by atoms with van der Waals surface area (Å²) >= 11 is 2.02. The van der Waals surface area contributed by atoms with Crippen LogP contribution in [0.5, 0.6) is 0 Å². The molecule has 0 aromatic carbocycles. The Balaban J connectivity index is 1.96. The number of aryl methyl sites for hydroxylation is 1. The molecule has 0 bridgehead atoms. The number of hydrogen-bond donors (Lipinski definition) is 0. The van der Waals surface area contributed by atoms with Crippen LogP contribution in [-0.2, 0) is 11.8 Å². The predicted octanol–water partition coefficient (Wildman–Crippen LogP) is 5.46. The van der Waals surface area contributed by atoms with E-state index in [0.29, 0.717) is 5.41 Å². The van der Waals surface area contributed by atoms with E-state index < -0.39 is 0 Å². The second-order valence-corrected chi connectivity index (χ2v) is 7.01. The molecule has 1 saturated carbocycles. The lowest BCUT2D eigenvalue weighted by molar-refractivity contribution is 0.322. The molecule has 0 atom stereocenters. The van der Waals surface area contributed by atoms with Gasteiger partial charge in [-0.15, -0.1) is 11.3 Å². The van der Waals surface area contributed by atoms with Crippen LogP contribution in [0.15, 0.2) is 11.4 Å². The fourth-order valence-corrected chi connectivity index (χ4v) is 5.03. The number of hydrogen-bond acceptors (Lipinski definition) is 1. The van der Waals surface area contributed by atoms with Crippen LogP contribution in [0.25, 0.3) is 0 Å². The molecular formula is C16H24S. The first-order valence-corrected chi connectivity index (χ1v) is 8.36. The van der Waals surface area contributed by atoms with Gasteiger partial charge in [-0.2, -0.15) is 0 Å². The number of fused-ring (bicyclic) bond motifs is 2. The fourth-order valence-electron chi connectivity index (χ4n) is 3.99. The Morgan fingerprint density at radius 3 is 2.18 bits per heavy atom. The maximum absolute atomic E-state index is 2.47. The van der Waals surface area contributed by atoms with Crippen molar-refractivity contribution in [3.8, 4) is 0 Å². The van der Waals surface area contributed by atoms with Crippen LogP contribution in [0.3, 0.4) is 0 Å². The zero-order chi connectivity index (χ0) is 11.6. The summed E-state index contributed by atoms with van der Waals surface area (Å²) in [5.41, 5.74) is 2.36. The monoisotopic (exact) mass is 248 g/mol. The van der Waals surface area contributed by atoms with Crippen LogP contribution in [0, 0.1) is 0 Å². The van der Waals surface area contributed by atoms with Crippen molar-refractivity contribution in [2.45, 2.75) is 76.0 Å². The van der Waals surface area contributed by atoms with Crippen molar-refractivity contribution < 1.29 is 0 Å². The lowest BCUT2D eigenvalue weighted by Gasteiger charge is -2.35. The Morgan fingerprint density at radius 1 is 0.824 bits per heavy atom. The molecule has 17 heavy (non-hydrogen) atoms. The molecule has 1 spiro atoms. The summed E-state index contributed by atoms with van der Waals surface area (Å²) in [6.07, 6.45) is 16.0. The van der Waals surface area contributed by atoms with Crippen LogP contribution in [0.2, 0.25) is 0 Å². The van der Waals surface area contributed by atoms with Gasteiger partial charge in [-0.05, 0) is 54.5 Å². The van der Waals surface area contributed by atoms with Crippen molar-refractivity contribution in [2.24, 2.45) is 0 Å².